The topological polar surface area (TPSA) is 59.4 Å². The number of aromatic nitrogens is 1. The van der Waals surface area contributed by atoms with Crippen LogP contribution in [0.15, 0.2) is 28.7 Å². The highest BCUT2D eigenvalue weighted by Crippen LogP contribution is 2.25. The second kappa shape index (κ2) is 6.87. The molecule has 4 nitrogen and oxygen atoms in total. The van der Waals surface area contributed by atoms with Gasteiger partial charge in [0.2, 0.25) is 0 Å². The highest BCUT2D eigenvalue weighted by Gasteiger charge is 2.05. The van der Waals surface area contributed by atoms with Gasteiger partial charge in [-0.05, 0) is 43.7 Å². The fourth-order valence-corrected chi connectivity index (χ4v) is 2.87. The van der Waals surface area contributed by atoms with Gasteiger partial charge in [0.15, 0.2) is 0 Å². The molecule has 0 spiro atoms. The molecule has 2 aromatic rings. The maximum absolute atomic E-state index is 10.6. The van der Waals surface area contributed by atoms with Gasteiger partial charge in [-0.15, -0.1) is 11.3 Å². The Labute approximate surface area is 135 Å². The number of hydrogen-bond donors (Lipinski definition) is 1. The first-order valence-electron chi connectivity index (χ1n) is 6.22. The minimum atomic E-state index is -0.984. The van der Waals surface area contributed by atoms with Crippen LogP contribution < -0.4 is 4.74 Å². The Morgan fingerprint density at radius 2 is 2.24 bits per heavy atom. The van der Waals surface area contributed by atoms with Crippen molar-refractivity contribution in [2.24, 2.45) is 0 Å². The molecule has 0 atom stereocenters. The summed E-state index contributed by atoms with van der Waals surface area (Å²) >= 11 is 5.00. The molecule has 0 fully saturated rings. The van der Waals surface area contributed by atoms with Crippen molar-refractivity contribution in [1.82, 2.24) is 4.98 Å². The van der Waals surface area contributed by atoms with Crippen LogP contribution in [0, 0.1) is 13.8 Å². The second-order valence-electron chi connectivity index (χ2n) is 4.39. The average molecular weight is 368 g/mol. The lowest BCUT2D eigenvalue weighted by molar-refractivity contribution is -0.131. The van der Waals surface area contributed by atoms with Crippen LogP contribution in [0.5, 0.6) is 5.75 Å². The smallest absolute Gasteiger partial charge is 0.328 e. The third-order valence-corrected chi connectivity index (χ3v) is 4.58. The number of aliphatic carboxylic acids is 1. The van der Waals surface area contributed by atoms with Crippen LogP contribution in [0.1, 0.15) is 21.1 Å². The van der Waals surface area contributed by atoms with Gasteiger partial charge in [-0.2, -0.15) is 0 Å². The molecular weight excluding hydrogens is 354 g/mol. The normalized spacial score (nSPS) is 11.0. The fourth-order valence-electron chi connectivity index (χ4n) is 1.65. The average Bonchev–Trinajstić information content (AvgIpc) is 2.75. The number of halogens is 1. The van der Waals surface area contributed by atoms with Gasteiger partial charge in [0.1, 0.15) is 17.4 Å². The molecule has 2 rings (SSSR count). The third-order valence-electron chi connectivity index (χ3n) is 2.81. The summed E-state index contributed by atoms with van der Waals surface area (Å²) in [6, 6.07) is 5.45. The molecule has 6 heteroatoms. The van der Waals surface area contributed by atoms with Gasteiger partial charge in [0, 0.05) is 15.4 Å². The Balaban J connectivity index is 2.10. The second-order valence-corrected chi connectivity index (χ2v) is 6.53. The zero-order chi connectivity index (χ0) is 15.4. The number of carboxylic acids is 1. The molecule has 0 bridgehead atoms. The standard InChI is InChI=1S/C15H14BrNO3S/c1-9-10(2)21-14(17-9)8-20-12-4-5-13(16)11(7-12)3-6-15(18)19/h3-7H,8H2,1-2H3,(H,18,19)/b6-3+. The number of thiazole rings is 1. The van der Waals surface area contributed by atoms with E-state index in [4.69, 9.17) is 9.84 Å². The molecule has 1 aromatic carbocycles. The zero-order valence-corrected chi connectivity index (χ0v) is 14.0. The minimum absolute atomic E-state index is 0.406. The van der Waals surface area contributed by atoms with Crippen molar-refractivity contribution < 1.29 is 14.6 Å². The lowest BCUT2D eigenvalue weighted by Crippen LogP contribution is -1.95. The number of ether oxygens (including phenoxy) is 1. The number of hydrogen-bond acceptors (Lipinski definition) is 4. The van der Waals surface area contributed by atoms with Crippen LogP contribution in [-0.2, 0) is 11.4 Å². The Hall–Kier alpha value is -1.66. The molecule has 0 aliphatic rings. The molecule has 21 heavy (non-hydrogen) atoms. The summed E-state index contributed by atoms with van der Waals surface area (Å²) in [5, 5.41) is 9.60. The van der Waals surface area contributed by atoms with Crippen molar-refractivity contribution in [3.63, 3.8) is 0 Å². The van der Waals surface area contributed by atoms with E-state index >= 15 is 0 Å². The van der Waals surface area contributed by atoms with Gasteiger partial charge in [-0.1, -0.05) is 15.9 Å². The number of nitrogens with zero attached hydrogens (tertiary/aromatic N) is 1. The highest BCUT2D eigenvalue weighted by molar-refractivity contribution is 9.10. The zero-order valence-electron chi connectivity index (χ0n) is 11.6. The Morgan fingerprint density at radius 1 is 1.48 bits per heavy atom. The lowest BCUT2D eigenvalue weighted by Gasteiger charge is -2.06. The van der Waals surface area contributed by atoms with Crippen molar-refractivity contribution >= 4 is 39.3 Å². The molecule has 0 radical (unpaired) electrons. The molecule has 0 saturated heterocycles. The first-order valence-corrected chi connectivity index (χ1v) is 7.83. The number of rotatable bonds is 5. The van der Waals surface area contributed by atoms with Crippen molar-refractivity contribution in [2.75, 3.05) is 0 Å². The van der Waals surface area contributed by atoms with E-state index in [2.05, 4.69) is 20.9 Å². The summed E-state index contributed by atoms with van der Waals surface area (Å²) in [6.07, 6.45) is 2.62. The largest absolute Gasteiger partial charge is 0.486 e. The fraction of sp³-hybridized carbons (Fsp3) is 0.200. The Bertz CT molecular complexity index is 675. The number of benzene rings is 1. The predicted molar refractivity (Wildman–Crippen MR) is 86.7 cm³/mol. The first-order chi connectivity index (χ1) is 9.95. The van der Waals surface area contributed by atoms with Gasteiger partial charge in [0.05, 0.1) is 5.69 Å². The van der Waals surface area contributed by atoms with E-state index in [9.17, 15) is 4.79 Å². The van der Waals surface area contributed by atoms with Crippen LogP contribution in [0.3, 0.4) is 0 Å². The van der Waals surface area contributed by atoms with Crippen LogP contribution in [0.25, 0.3) is 6.08 Å². The van der Waals surface area contributed by atoms with Gasteiger partial charge < -0.3 is 9.84 Å². The van der Waals surface area contributed by atoms with E-state index in [1.807, 2.05) is 26.0 Å². The third kappa shape index (κ3) is 4.41. The molecule has 0 aliphatic carbocycles. The highest BCUT2D eigenvalue weighted by atomic mass is 79.9. The maximum Gasteiger partial charge on any atom is 0.328 e. The summed E-state index contributed by atoms with van der Waals surface area (Å²) < 4.78 is 6.52. The monoisotopic (exact) mass is 367 g/mol. The van der Waals surface area contributed by atoms with Crippen LogP contribution in [0.2, 0.25) is 0 Å². The van der Waals surface area contributed by atoms with Crippen molar-refractivity contribution in [3.8, 4) is 5.75 Å². The van der Waals surface area contributed by atoms with Crippen molar-refractivity contribution in [1.29, 1.82) is 0 Å². The molecule has 110 valence electrons. The summed E-state index contributed by atoms with van der Waals surface area (Å²) in [7, 11) is 0. The van der Waals surface area contributed by atoms with Gasteiger partial charge in [-0.3, -0.25) is 0 Å². The van der Waals surface area contributed by atoms with Gasteiger partial charge in [0.25, 0.3) is 0 Å². The van der Waals surface area contributed by atoms with E-state index < -0.39 is 5.97 Å². The molecular formula is C15H14BrNO3S. The number of carboxylic acid groups (broad SMARTS) is 1. The first kappa shape index (κ1) is 15.7. The maximum atomic E-state index is 10.6. The number of carbonyl (C=O) groups is 1. The summed E-state index contributed by atoms with van der Waals surface area (Å²) in [4.78, 5) is 16.2. The molecule has 0 saturated carbocycles. The van der Waals surface area contributed by atoms with Crippen LogP contribution in [0.4, 0.5) is 0 Å². The Morgan fingerprint density at radius 3 is 2.86 bits per heavy atom. The quantitative estimate of drug-likeness (QED) is 0.804. The summed E-state index contributed by atoms with van der Waals surface area (Å²) in [5.41, 5.74) is 1.78. The SMILES string of the molecule is Cc1nc(COc2ccc(Br)c(/C=C/C(=O)O)c2)sc1C. The Kier molecular flexibility index (Phi) is 5.14. The summed E-state index contributed by atoms with van der Waals surface area (Å²) in [5.74, 6) is -0.310. The molecule has 0 amide bonds. The number of aryl methyl sites for hydroxylation is 2. The van der Waals surface area contributed by atoms with Crippen molar-refractivity contribution in [2.45, 2.75) is 20.5 Å². The molecule has 0 aliphatic heterocycles. The van der Waals surface area contributed by atoms with Crippen LogP contribution >= 0.6 is 27.3 Å². The minimum Gasteiger partial charge on any atom is -0.486 e. The van der Waals surface area contributed by atoms with Crippen molar-refractivity contribution in [3.05, 3.63) is 49.9 Å². The van der Waals surface area contributed by atoms with E-state index in [0.717, 1.165) is 26.8 Å². The van der Waals surface area contributed by atoms with E-state index in [1.165, 1.54) is 11.0 Å². The predicted octanol–water partition coefficient (Wildman–Crippen LogP) is 4.20. The molecule has 0 unspecified atom stereocenters. The van der Waals surface area contributed by atoms with E-state index in [-0.39, 0.29) is 0 Å². The lowest BCUT2D eigenvalue weighted by atomic mass is 10.2. The van der Waals surface area contributed by atoms with Gasteiger partial charge in [-0.25, -0.2) is 9.78 Å². The van der Waals surface area contributed by atoms with E-state index in [0.29, 0.717) is 12.4 Å². The molecule has 1 heterocycles. The molecule has 1 aromatic heterocycles. The van der Waals surface area contributed by atoms with Gasteiger partial charge >= 0.3 is 5.97 Å². The van der Waals surface area contributed by atoms with Crippen LogP contribution in [-0.4, -0.2) is 16.1 Å². The van der Waals surface area contributed by atoms with E-state index in [1.54, 1.807) is 17.4 Å². The summed E-state index contributed by atoms with van der Waals surface area (Å²) in [6.45, 7) is 4.41. The molecule has 1 N–H and O–H groups in total.